The molecule has 1 atom stereocenters. The number of ether oxygens (including phenoxy) is 2. The highest BCUT2D eigenvalue weighted by Gasteiger charge is 2.10. The van der Waals surface area contributed by atoms with Gasteiger partial charge in [-0.2, -0.15) is 4.91 Å². The molecule has 6 nitrogen and oxygen atoms in total. The van der Waals surface area contributed by atoms with Gasteiger partial charge in [0.05, 0.1) is 12.5 Å². The summed E-state index contributed by atoms with van der Waals surface area (Å²) in [6.07, 6.45) is 0.735. The average molecular weight is 234 g/mol. The first-order valence-corrected chi connectivity index (χ1v) is 6.60. The van der Waals surface area contributed by atoms with Gasteiger partial charge in [-0.1, -0.05) is 5.18 Å². The summed E-state index contributed by atoms with van der Waals surface area (Å²) in [5.41, 5.74) is 0. The number of carbonyl (C=O) groups excluding carboxylic acids is 1. The molecule has 15 heavy (non-hydrogen) atoms. The van der Waals surface area contributed by atoms with E-state index in [-0.39, 0.29) is 18.2 Å². The maximum absolute atomic E-state index is 11.2. The minimum atomic E-state index is -0.643. The van der Waals surface area contributed by atoms with Crippen LogP contribution in [0.25, 0.3) is 0 Å². The molecule has 0 aliphatic carbocycles. The van der Waals surface area contributed by atoms with Crippen LogP contribution in [0.5, 0.6) is 0 Å². The van der Waals surface area contributed by atoms with Crippen molar-refractivity contribution in [2.45, 2.75) is 25.3 Å². The second-order valence-electron chi connectivity index (χ2n) is 3.20. The van der Waals surface area contributed by atoms with Crippen LogP contribution in [0.3, 0.4) is 0 Å². The quantitative estimate of drug-likeness (QED) is 0.344. The normalized spacial score (nSPS) is 13.3. The summed E-state index contributed by atoms with van der Waals surface area (Å²) in [5.74, 6) is -0.326. The van der Waals surface area contributed by atoms with E-state index in [4.69, 9.17) is 9.47 Å². The Morgan fingerprint density at radius 1 is 1.47 bits per heavy atom. The van der Waals surface area contributed by atoms with E-state index in [1.54, 1.807) is 21.1 Å². The molecular weight excluding hydrogens is 216 g/mol. The van der Waals surface area contributed by atoms with Gasteiger partial charge in [-0.15, -0.1) is 0 Å². The van der Waals surface area contributed by atoms with E-state index in [0.29, 0.717) is 6.17 Å². The van der Waals surface area contributed by atoms with Gasteiger partial charge in [-0.05, 0) is 6.92 Å². The molecule has 0 saturated carbocycles. The van der Waals surface area contributed by atoms with Crippen LogP contribution in [0.2, 0.25) is 0 Å². The minimum Gasteiger partial charge on any atom is -0.360 e. The van der Waals surface area contributed by atoms with Gasteiger partial charge in [0.25, 0.3) is 0 Å². The van der Waals surface area contributed by atoms with E-state index in [2.05, 4.69) is 10.5 Å². The Morgan fingerprint density at radius 2 is 2.07 bits per heavy atom. The van der Waals surface area contributed by atoms with Gasteiger partial charge in [-0.3, -0.25) is 4.79 Å². The van der Waals surface area contributed by atoms with E-state index in [0.717, 1.165) is 0 Å². The molecule has 0 heterocycles. The Kier molecular flexibility index (Phi) is 8.06. The molecule has 0 aromatic rings. The fraction of sp³-hybridized carbons (Fsp3) is 0.875. The molecule has 88 valence electrons. The van der Waals surface area contributed by atoms with Crippen LogP contribution in [0.15, 0.2) is 5.18 Å². The molecule has 0 aromatic heterocycles. The van der Waals surface area contributed by atoms with Crippen molar-refractivity contribution in [1.82, 2.24) is 5.32 Å². The van der Waals surface area contributed by atoms with Crippen LogP contribution in [-0.2, 0) is 14.3 Å². The molecule has 0 aliphatic rings. The molecule has 0 fully saturated rings. The Bertz CT molecular complexity index is 199. The van der Waals surface area contributed by atoms with E-state index in [1.165, 1.54) is 0 Å². The van der Waals surface area contributed by atoms with Gasteiger partial charge in [0, 0.05) is 20.4 Å². The maximum Gasteiger partial charge on any atom is 0.221 e. The van der Waals surface area contributed by atoms with Crippen molar-refractivity contribution in [3.63, 3.8) is 0 Å². The second kappa shape index (κ2) is 8.51. The predicted molar refractivity (Wildman–Crippen MR) is 59.2 cm³/mol. The van der Waals surface area contributed by atoms with Crippen molar-refractivity contribution in [3.8, 4) is 0 Å². The molecule has 1 N–H and O–H groups in total. The third-order valence-electron chi connectivity index (χ3n) is 1.89. The third-order valence-corrected chi connectivity index (χ3v) is 3.57. The monoisotopic (exact) mass is 234 g/mol. The summed E-state index contributed by atoms with van der Waals surface area (Å²) in [7, 11) is 2.50. The lowest BCUT2D eigenvalue weighted by Gasteiger charge is -2.13. The average Bonchev–Trinajstić information content (AvgIpc) is 2.24. The minimum absolute atomic E-state index is 0.141. The molecule has 1 amide bonds. The molecular formula is C8H18N2O4Si. The van der Waals surface area contributed by atoms with Crippen LogP contribution < -0.4 is 5.32 Å². The molecule has 0 spiro atoms. The first-order valence-electron chi connectivity index (χ1n) is 4.78. The van der Waals surface area contributed by atoms with E-state index in [9.17, 15) is 9.70 Å². The highest BCUT2D eigenvalue weighted by Crippen LogP contribution is 1.94. The molecule has 0 aromatic carbocycles. The molecule has 0 bridgehead atoms. The smallest absolute Gasteiger partial charge is 0.221 e. The number of methoxy groups -OCH3 is 2. The Hall–Kier alpha value is -0.793. The van der Waals surface area contributed by atoms with Gasteiger partial charge in [0.1, 0.15) is 15.4 Å². The summed E-state index contributed by atoms with van der Waals surface area (Å²) in [6.45, 7) is 1.61. The van der Waals surface area contributed by atoms with Gasteiger partial charge in [-0.25, -0.2) is 0 Å². The summed E-state index contributed by atoms with van der Waals surface area (Å²) >= 11 is 0. The lowest BCUT2D eigenvalue weighted by molar-refractivity contribution is -0.121. The molecule has 0 radical (unpaired) electrons. The van der Waals surface area contributed by atoms with Crippen molar-refractivity contribution in [2.24, 2.45) is 5.18 Å². The summed E-state index contributed by atoms with van der Waals surface area (Å²) < 4.78 is 10.0. The van der Waals surface area contributed by atoms with Gasteiger partial charge in [0.2, 0.25) is 5.91 Å². The lowest BCUT2D eigenvalue weighted by atomic mass is 10.2. The molecule has 7 heteroatoms. The van der Waals surface area contributed by atoms with E-state index < -0.39 is 15.6 Å². The first kappa shape index (κ1) is 14.2. The summed E-state index contributed by atoms with van der Waals surface area (Å²) in [6, 6.07) is -0.465. The standard InChI is InChI=1S/C8H18N2O4Si/c1-6(10-12)4-7(11)9-5-15-8(13-2)14-3/h6,8H,4-5,15H2,1-3H3,(H,9,11). The number of hydrogen-bond donors (Lipinski definition) is 1. The SMILES string of the molecule is COC(OC)[SiH2]CNC(=O)CC(C)N=O. The van der Waals surface area contributed by atoms with Gasteiger partial charge in [0.15, 0.2) is 0 Å². The van der Waals surface area contributed by atoms with Crippen LogP contribution in [-0.4, -0.2) is 47.8 Å². The van der Waals surface area contributed by atoms with Gasteiger partial charge < -0.3 is 14.8 Å². The third kappa shape index (κ3) is 7.17. The second-order valence-corrected chi connectivity index (χ2v) is 4.94. The van der Waals surface area contributed by atoms with Crippen molar-refractivity contribution in [1.29, 1.82) is 0 Å². The highest BCUT2D eigenvalue weighted by atomic mass is 28.2. The Morgan fingerprint density at radius 3 is 2.53 bits per heavy atom. The lowest BCUT2D eigenvalue weighted by Crippen LogP contribution is -2.35. The number of carbonyl (C=O) groups is 1. The zero-order valence-electron chi connectivity index (χ0n) is 9.36. The Balaban J connectivity index is 3.58. The largest absolute Gasteiger partial charge is 0.360 e. The predicted octanol–water partition coefficient (Wildman–Crippen LogP) is -0.650. The zero-order chi connectivity index (χ0) is 11.7. The molecule has 0 saturated heterocycles. The van der Waals surface area contributed by atoms with Crippen LogP contribution in [0.1, 0.15) is 13.3 Å². The maximum atomic E-state index is 11.2. The van der Waals surface area contributed by atoms with E-state index in [1.807, 2.05) is 0 Å². The molecule has 1 unspecified atom stereocenters. The fourth-order valence-corrected chi connectivity index (χ4v) is 2.17. The van der Waals surface area contributed by atoms with E-state index >= 15 is 0 Å². The summed E-state index contributed by atoms with van der Waals surface area (Å²) in [5, 5.41) is 5.47. The number of rotatable bonds is 8. The van der Waals surface area contributed by atoms with Crippen LogP contribution in [0.4, 0.5) is 0 Å². The van der Waals surface area contributed by atoms with Crippen LogP contribution in [0, 0.1) is 4.91 Å². The number of nitroso groups, excluding NO2 is 1. The number of hydrogen-bond acceptors (Lipinski definition) is 5. The number of nitrogens with zero attached hydrogens (tertiary/aromatic N) is 1. The van der Waals surface area contributed by atoms with Crippen molar-refractivity contribution < 1.29 is 14.3 Å². The van der Waals surface area contributed by atoms with Crippen molar-refractivity contribution in [2.75, 3.05) is 20.4 Å². The number of amides is 1. The Labute approximate surface area is 91.5 Å². The van der Waals surface area contributed by atoms with Gasteiger partial charge >= 0.3 is 0 Å². The molecule has 0 rings (SSSR count). The summed E-state index contributed by atoms with van der Waals surface area (Å²) in [4.78, 5) is 21.3. The molecule has 0 aliphatic heterocycles. The van der Waals surface area contributed by atoms with Crippen molar-refractivity contribution >= 4 is 15.4 Å². The van der Waals surface area contributed by atoms with Crippen LogP contribution >= 0.6 is 0 Å². The van der Waals surface area contributed by atoms with Crippen molar-refractivity contribution in [3.05, 3.63) is 4.91 Å². The number of nitrogens with one attached hydrogen (secondary N) is 1. The zero-order valence-corrected chi connectivity index (χ0v) is 10.8. The topological polar surface area (TPSA) is 77.0 Å². The fourth-order valence-electron chi connectivity index (χ4n) is 1.04. The first-order chi connectivity index (χ1) is 7.13. The highest BCUT2D eigenvalue weighted by molar-refractivity contribution is 6.37.